The van der Waals surface area contributed by atoms with Gasteiger partial charge in [0.15, 0.2) is 0 Å². The highest BCUT2D eigenvalue weighted by Crippen LogP contribution is 2.36. The standard InChI is InChI=1S/C17H15ClN2O2/c1-19-16(21)13-7-6-11(18)9-15(13)20-17(22)14-8-10-4-2-3-5-12(10)14/h2-7,9,14H,8H2,1H3,(H,19,21)(H,20,22)/t14-/m1/s1. The van der Waals surface area contributed by atoms with Crippen LogP contribution in [0.5, 0.6) is 0 Å². The van der Waals surface area contributed by atoms with Crippen molar-refractivity contribution in [1.82, 2.24) is 5.32 Å². The van der Waals surface area contributed by atoms with Crippen LogP contribution in [-0.4, -0.2) is 18.9 Å². The normalized spacial score (nSPS) is 15.5. The molecule has 1 aliphatic rings. The predicted octanol–water partition coefficient (Wildman–Crippen LogP) is 2.98. The Labute approximate surface area is 133 Å². The largest absolute Gasteiger partial charge is 0.355 e. The van der Waals surface area contributed by atoms with Gasteiger partial charge < -0.3 is 10.6 Å². The lowest BCUT2D eigenvalue weighted by Crippen LogP contribution is -2.31. The monoisotopic (exact) mass is 314 g/mol. The number of fused-ring (bicyclic) bond motifs is 1. The van der Waals surface area contributed by atoms with Crippen molar-refractivity contribution >= 4 is 29.1 Å². The summed E-state index contributed by atoms with van der Waals surface area (Å²) in [6.07, 6.45) is 0.720. The van der Waals surface area contributed by atoms with E-state index in [0.29, 0.717) is 16.3 Å². The maximum atomic E-state index is 12.4. The van der Waals surface area contributed by atoms with Gasteiger partial charge in [0, 0.05) is 12.1 Å². The third-order valence-electron chi connectivity index (χ3n) is 3.88. The molecule has 0 saturated carbocycles. The Morgan fingerprint density at radius 1 is 1.18 bits per heavy atom. The van der Waals surface area contributed by atoms with Crippen molar-refractivity contribution in [2.24, 2.45) is 0 Å². The second-order valence-corrected chi connectivity index (χ2v) is 5.65. The Bertz CT molecular complexity index is 758. The third kappa shape index (κ3) is 2.57. The Morgan fingerprint density at radius 3 is 2.68 bits per heavy atom. The molecule has 1 atom stereocenters. The van der Waals surface area contributed by atoms with Crippen LogP contribution in [0.4, 0.5) is 5.69 Å². The molecule has 112 valence electrons. The van der Waals surface area contributed by atoms with E-state index in [-0.39, 0.29) is 17.7 Å². The highest BCUT2D eigenvalue weighted by Gasteiger charge is 2.32. The van der Waals surface area contributed by atoms with Crippen molar-refractivity contribution in [2.75, 3.05) is 12.4 Å². The number of nitrogens with one attached hydrogen (secondary N) is 2. The summed E-state index contributed by atoms with van der Waals surface area (Å²) in [7, 11) is 1.55. The molecule has 0 spiro atoms. The lowest BCUT2D eigenvalue weighted by Gasteiger charge is -2.29. The maximum Gasteiger partial charge on any atom is 0.253 e. The summed E-state index contributed by atoms with van der Waals surface area (Å²) >= 11 is 5.97. The Kier molecular flexibility index (Phi) is 3.86. The van der Waals surface area contributed by atoms with Gasteiger partial charge in [-0.3, -0.25) is 9.59 Å². The van der Waals surface area contributed by atoms with Gasteiger partial charge in [-0.15, -0.1) is 0 Å². The van der Waals surface area contributed by atoms with Crippen molar-refractivity contribution in [2.45, 2.75) is 12.3 Å². The SMILES string of the molecule is CNC(=O)c1ccc(Cl)cc1NC(=O)[C@@H]1Cc2ccccc21. The summed E-state index contributed by atoms with van der Waals surface area (Å²) in [6.45, 7) is 0. The number of hydrogen-bond acceptors (Lipinski definition) is 2. The van der Waals surface area contributed by atoms with Gasteiger partial charge >= 0.3 is 0 Å². The minimum atomic E-state index is -0.263. The Morgan fingerprint density at radius 2 is 1.95 bits per heavy atom. The molecule has 0 saturated heterocycles. The van der Waals surface area contributed by atoms with Gasteiger partial charge in [-0.05, 0) is 35.7 Å². The molecule has 0 aromatic heterocycles. The quantitative estimate of drug-likeness (QED) is 0.915. The minimum Gasteiger partial charge on any atom is -0.355 e. The number of benzene rings is 2. The van der Waals surface area contributed by atoms with Gasteiger partial charge in [0.25, 0.3) is 5.91 Å². The van der Waals surface area contributed by atoms with Crippen molar-refractivity contribution < 1.29 is 9.59 Å². The molecule has 0 heterocycles. The minimum absolute atomic E-state index is 0.119. The van der Waals surface area contributed by atoms with Crippen LogP contribution in [0.1, 0.15) is 27.4 Å². The van der Waals surface area contributed by atoms with E-state index in [1.807, 2.05) is 24.3 Å². The zero-order valence-corrected chi connectivity index (χ0v) is 12.8. The van der Waals surface area contributed by atoms with Crippen LogP contribution in [0.2, 0.25) is 5.02 Å². The summed E-state index contributed by atoms with van der Waals surface area (Å²) in [6, 6.07) is 12.7. The number of halogens is 1. The van der Waals surface area contributed by atoms with E-state index in [9.17, 15) is 9.59 Å². The zero-order chi connectivity index (χ0) is 15.7. The van der Waals surface area contributed by atoms with E-state index < -0.39 is 0 Å². The molecule has 4 nitrogen and oxygen atoms in total. The Hall–Kier alpha value is -2.33. The molecule has 2 aromatic carbocycles. The van der Waals surface area contributed by atoms with Gasteiger partial charge in [-0.1, -0.05) is 35.9 Å². The summed E-state index contributed by atoms with van der Waals surface area (Å²) in [5.74, 6) is -0.556. The fourth-order valence-corrected chi connectivity index (χ4v) is 2.84. The number of carbonyl (C=O) groups excluding carboxylic acids is 2. The second-order valence-electron chi connectivity index (χ2n) is 5.21. The summed E-state index contributed by atoms with van der Waals surface area (Å²) in [5, 5.41) is 5.85. The van der Waals surface area contributed by atoms with Crippen molar-refractivity contribution in [3.05, 3.63) is 64.2 Å². The smallest absolute Gasteiger partial charge is 0.253 e. The predicted molar refractivity (Wildman–Crippen MR) is 86.4 cm³/mol. The van der Waals surface area contributed by atoms with Crippen LogP contribution < -0.4 is 10.6 Å². The molecule has 3 rings (SSSR count). The van der Waals surface area contributed by atoms with Crippen LogP contribution in [-0.2, 0) is 11.2 Å². The fourth-order valence-electron chi connectivity index (χ4n) is 2.67. The van der Waals surface area contributed by atoms with Crippen LogP contribution in [0.3, 0.4) is 0 Å². The molecule has 2 N–H and O–H groups in total. The van der Waals surface area contributed by atoms with Crippen molar-refractivity contribution in [3.8, 4) is 0 Å². The van der Waals surface area contributed by atoms with E-state index in [0.717, 1.165) is 12.0 Å². The molecule has 2 aromatic rings. The number of rotatable bonds is 3. The van der Waals surface area contributed by atoms with Crippen molar-refractivity contribution in [3.63, 3.8) is 0 Å². The maximum absolute atomic E-state index is 12.4. The van der Waals surface area contributed by atoms with Gasteiger partial charge in [0.05, 0.1) is 17.2 Å². The molecule has 0 radical (unpaired) electrons. The number of hydrogen-bond donors (Lipinski definition) is 2. The van der Waals surface area contributed by atoms with Gasteiger partial charge in [0.2, 0.25) is 5.91 Å². The average Bonchev–Trinajstić information content (AvgIpc) is 2.48. The number of carbonyl (C=O) groups is 2. The average molecular weight is 315 g/mol. The molecule has 22 heavy (non-hydrogen) atoms. The van der Waals surface area contributed by atoms with E-state index >= 15 is 0 Å². The van der Waals surface area contributed by atoms with E-state index in [1.165, 1.54) is 5.56 Å². The first kappa shape index (κ1) is 14.6. The molecular weight excluding hydrogens is 300 g/mol. The molecule has 2 amide bonds. The van der Waals surface area contributed by atoms with E-state index in [4.69, 9.17) is 11.6 Å². The number of amides is 2. The highest BCUT2D eigenvalue weighted by atomic mass is 35.5. The molecule has 5 heteroatoms. The first-order chi connectivity index (χ1) is 10.6. The van der Waals surface area contributed by atoms with E-state index in [1.54, 1.807) is 25.2 Å². The van der Waals surface area contributed by atoms with Crippen LogP contribution >= 0.6 is 11.6 Å². The summed E-state index contributed by atoms with van der Waals surface area (Å²) < 4.78 is 0. The van der Waals surface area contributed by atoms with Crippen LogP contribution in [0.15, 0.2) is 42.5 Å². The summed E-state index contributed by atoms with van der Waals surface area (Å²) in [5.41, 5.74) is 3.07. The molecule has 0 aliphatic heterocycles. The first-order valence-corrected chi connectivity index (χ1v) is 7.38. The van der Waals surface area contributed by atoms with Gasteiger partial charge in [-0.25, -0.2) is 0 Å². The van der Waals surface area contributed by atoms with Gasteiger partial charge in [-0.2, -0.15) is 0 Å². The topological polar surface area (TPSA) is 58.2 Å². The molecule has 0 unspecified atom stereocenters. The highest BCUT2D eigenvalue weighted by molar-refractivity contribution is 6.31. The van der Waals surface area contributed by atoms with Crippen LogP contribution in [0.25, 0.3) is 0 Å². The van der Waals surface area contributed by atoms with Crippen molar-refractivity contribution in [1.29, 1.82) is 0 Å². The Balaban J connectivity index is 1.83. The first-order valence-electron chi connectivity index (χ1n) is 7.00. The second kappa shape index (κ2) is 5.81. The van der Waals surface area contributed by atoms with Crippen LogP contribution in [0, 0.1) is 0 Å². The third-order valence-corrected chi connectivity index (χ3v) is 4.12. The van der Waals surface area contributed by atoms with E-state index in [2.05, 4.69) is 10.6 Å². The lowest BCUT2D eigenvalue weighted by atomic mass is 9.77. The molecule has 1 aliphatic carbocycles. The molecule has 0 fully saturated rings. The molecular formula is C17H15ClN2O2. The number of anilines is 1. The lowest BCUT2D eigenvalue weighted by molar-refractivity contribution is -0.118. The van der Waals surface area contributed by atoms with Gasteiger partial charge in [0.1, 0.15) is 0 Å². The zero-order valence-electron chi connectivity index (χ0n) is 12.0. The fraction of sp³-hybridized carbons (Fsp3) is 0.176. The molecule has 0 bridgehead atoms. The summed E-state index contributed by atoms with van der Waals surface area (Å²) in [4.78, 5) is 24.3.